The molecule has 0 saturated carbocycles. The van der Waals surface area contributed by atoms with Crippen LogP contribution in [0.1, 0.15) is 130 Å². The van der Waals surface area contributed by atoms with Crippen molar-refractivity contribution in [3.63, 3.8) is 0 Å². The van der Waals surface area contributed by atoms with Gasteiger partial charge in [0.2, 0.25) is 11.6 Å². The van der Waals surface area contributed by atoms with E-state index < -0.39 is 34.1 Å². The maximum absolute atomic E-state index is 13.7. The first-order valence-electron chi connectivity index (χ1n) is 20.6. The van der Waals surface area contributed by atoms with Crippen LogP contribution in [-0.2, 0) is 19.5 Å². The number of nitrogens with two attached hydrogens (primary N) is 2. The third-order valence-corrected chi connectivity index (χ3v) is 10.1. The molecule has 4 aromatic heterocycles. The fourth-order valence-electron chi connectivity index (χ4n) is 7.37. The number of nitrogens with zero attached hydrogens (tertiary/aromatic N) is 6. The summed E-state index contributed by atoms with van der Waals surface area (Å²) in [6.45, 7) is 11.0. The smallest absolute Gasteiger partial charge is 0.329 e. The van der Waals surface area contributed by atoms with E-state index in [1.807, 2.05) is 41.2 Å². The maximum Gasteiger partial charge on any atom is 0.329 e. The molecule has 0 aliphatic heterocycles. The standard InChI is InChI=1S/C24H25N5O3.C24H23N5O3.CH4.BH2P/c2*1-14(2)20-21(22(30)18-10-15(3)9-16(11-18)5-4-7-25)29(24(32)28-23(20)31)13-17-6-8-27-19(26)12-17;;1-2/h6,8-12,14H,4-5,13H2,1-3H3,(H2,26,27)(H,28,31,32);4-6,8-12,14H,13H2,1-3H3,(H2,26,27)(H,28,31,32);1H4;2H2/b;5-4+;;. The van der Waals surface area contributed by atoms with Crippen molar-refractivity contribution in [1.29, 1.82) is 10.5 Å². The van der Waals surface area contributed by atoms with Crippen LogP contribution < -0.4 is 34.0 Å². The zero-order valence-electron chi connectivity index (χ0n) is 37.5. The summed E-state index contributed by atoms with van der Waals surface area (Å²) in [7, 11) is 6.33. The molecule has 1 unspecified atom stereocenters. The Balaban J connectivity index is 0.000000338. The van der Waals surface area contributed by atoms with Crippen LogP contribution in [0.2, 0.25) is 0 Å². The van der Waals surface area contributed by atoms with Crippen LogP contribution in [0.25, 0.3) is 6.08 Å². The summed E-state index contributed by atoms with van der Waals surface area (Å²) in [5.74, 6) is -0.901. The number of aromatic amines is 2. The number of anilines is 2. The molecule has 16 nitrogen and oxygen atoms in total. The minimum absolute atomic E-state index is 0. The van der Waals surface area contributed by atoms with E-state index in [9.17, 15) is 28.8 Å². The van der Waals surface area contributed by atoms with Crippen LogP contribution in [0, 0.1) is 36.5 Å². The molecule has 0 fully saturated rings. The molecule has 0 spiro atoms. The van der Waals surface area contributed by atoms with E-state index in [4.69, 9.17) is 22.0 Å². The number of hydrogen-bond donors (Lipinski definition) is 4. The minimum Gasteiger partial charge on any atom is -0.384 e. The van der Waals surface area contributed by atoms with Crippen LogP contribution in [0.15, 0.2) is 98.3 Å². The molecule has 4 heterocycles. The summed E-state index contributed by atoms with van der Waals surface area (Å²) in [5.41, 5.74) is 14.8. The lowest BCUT2D eigenvalue weighted by Gasteiger charge is -2.18. The van der Waals surface area contributed by atoms with Gasteiger partial charge >= 0.3 is 11.4 Å². The summed E-state index contributed by atoms with van der Waals surface area (Å²) in [6, 6.07) is 21.2. The Morgan fingerprint density at radius 2 is 1.16 bits per heavy atom. The van der Waals surface area contributed by atoms with Gasteiger partial charge in [0.15, 0.2) is 0 Å². The summed E-state index contributed by atoms with van der Waals surface area (Å²) in [4.78, 5) is 90.9. The van der Waals surface area contributed by atoms with E-state index >= 15 is 0 Å². The summed E-state index contributed by atoms with van der Waals surface area (Å²) in [5, 5.41) is 17.7. The number of aromatic nitrogens is 6. The van der Waals surface area contributed by atoms with Crippen molar-refractivity contribution in [2.24, 2.45) is 0 Å². The average molecular weight is 921 g/mol. The summed E-state index contributed by atoms with van der Waals surface area (Å²) in [6.07, 6.45) is 6.79. The number of nitriles is 2. The lowest BCUT2D eigenvalue weighted by Crippen LogP contribution is -2.38. The number of hydrogen-bond acceptors (Lipinski definition) is 12. The molecule has 6 N–H and O–H groups in total. The molecule has 0 saturated heterocycles. The van der Waals surface area contributed by atoms with Gasteiger partial charge in [-0.1, -0.05) is 52.8 Å². The van der Waals surface area contributed by atoms with Crippen molar-refractivity contribution in [2.75, 3.05) is 11.5 Å². The number of pyridine rings is 2. The molecular weight excluding hydrogens is 866 g/mol. The highest BCUT2D eigenvalue weighted by molar-refractivity contribution is 7.49. The number of allylic oxidation sites excluding steroid dienone is 1. The van der Waals surface area contributed by atoms with E-state index in [2.05, 4.69) is 33.6 Å². The molecule has 0 amide bonds. The highest BCUT2D eigenvalue weighted by atomic mass is 31.0. The second kappa shape index (κ2) is 24.5. The van der Waals surface area contributed by atoms with Crippen LogP contribution in [-0.4, -0.2) is 48.2 Å². The predicted molar refractivity (Wildman–Crippen MR) is 266 cm³/mol. The average Bonchev–Trinajstić information content (AvgIpc) is 3.26. The topological polar surface area (TPSA) is 269 Å². The van der Waals surface area contributed by atoms with E-state index in [1.54, 1.807) is 82.3 Å². The molecule has 0 aliphatic carbocycles. The normalized spacial score (nSPS) is 10.6. The van der Waals surface area contributed by atoms with Crippen LogP contribution >= 0.6 is 9.12 Å². The molecule has 2 aromatic carbocycles. The van der Waals surface area contributed by atoms with Crippen molar-refractivity contribution in [2.45, 2.75) is 86.7 Å². The number of benzene rings is 2. The molecule has 67 heavy (non-hydrogen) atoms. The van der Waals surface area contributed by atoms with Gasteiger partial charge in [-0.25, -0.2) is 19.6 Å². The Morgan fingerprint density at radius 1 is 0.716 bits per heavy atom. The third kappa shape index (κ3) is 13.6. The molecule has 0 bridgehead atoms. The number of H-pyrrole nitrogens is 2. The van der Waals surface area contributed by atoms with Gasteiger partial charge in [-0.2, -0.15) is 19.6 Å². The third-order valence-electron chi connectivity index (χ3n) is 10.1. The van der Waals surface area contributed by atoms with E-state index in [0.717, 1.165) is 16.7 Å². The second-order valence-electron chi connectivity index (χ2n) is 15.8. The van der Waals surface area contributed by atoms with Gasteiger partial charge < -0.3 is 11.5 Å². The van der Waals surface area contributed by atoms with Gasteiger partial charge in [0.25, 0.3) is 11.1 Å². The molecule has 0 aliphatic rings. The molecular formula is C49H54BN10O6P. The number of ketones is 2. The SMILES string of the molecule is C.Cc1cc(/C=C/C#N)cc(C(=O)c2c(C(C)C)c(=O)[nH]c(=O)n2Cc2ccnc(N)c2)c1.Cc1cc(CCC#N)cc(C(=O)c2c(C(C)C)c(=O)[nH]c(=O)n2Cc2ccnc(N)c2)c1.[B]P. The van der Waals surface area contributed by atoms with Crippen molar-refractivity contribution in [3.8, 4) is 12.1 Å². The Morgan fingerprint density at radius 3 is 1.58 bits per heavy atom. The second-order valence-corrected chi connectivity index (χ2v) is 15.8. The molecule has 18 heteroatoms. The molecule has 344 valence electrons. The van der Waals surface area contributed by atoms with Gasteiger partial charge in [-0.3, -0.25) is 38.3 Å². The molecule has 1 atom stereocenters. The number of nitrogen functional groups attached to an aromatic ring is 2. The monoisotopic (exact) mass is 920 g/mol. The van der Waals surface area contributed by atoms with Crippen LogP contribution in [0.5, 0.6) is 0 Å². The lowest BCUT2D eigenvalue weighted by atomic mass is 9.94. The van der Waals surface area contributed by atoms with Gasteiger partial charge in [-0.05, 0) is 115 Å². The van der Waals surface area contributed by atoms with Crippen LogP contribution in [0.4, 0.5) is 11.6 Å². The first-order chi connectivity index (χ1) is 31.4. The Kier molecular flexibility index (Phi) is 19.6. The summed E-state index contributed by atoms with van der Waals surface area (Å²) >= 11 is 0. The zero-order valence-corrected chi connectivity index (χ0v) is 38.7. The fourth-order valence-corrected chi connectivity index (χ4v) is 7.37. The fraction of sp³-hybridized carbons (Fsp3) is 0.265. The molecule has 6 aromatic rings. The first kappa shape index (κ1) is 53.6. The summed E-state index contributed by atoms with van der Waals surface area (Å²) < 4.78 is 2.55. The minimum atomic E-state index is -0.685. The lowest BCUT2D eigenvalue weighted by molar-refractivity contribution is 0.101. The molecule has 2 radical (unpaired) electrons. The van der Waals surface area contributed by atoms with Gasteiger partial charge in [0.05, 0.1) is 32.8 Å². The Bertz CT molecular complexity index is 3140. The maximum atomic E-state index is 13.7. The van der Waals surface area contributed by atoms with Gasteiger partial charge in [0, 0.05) is 47.1 Å². The number of carbonyl (C=O) groups is 2. The molecule has 6 rings (SSSR count). The van der Waals surface area contributed by atoms with Crippen molar-refractivity contribution < 1.29 is 9.59 Å². The predicted octanol–water partition coefficient (Wildman–Crippen LogP) is 6.02. The van der Waals surface area contributed by atoms with Crippen molar-refractivity contribution in [3.05, 3.63) is 188 Å². The van der Waals surface area contributed by atoms with Gasteiger partial charge in [-0.15, -0.1) is 0 Å². The van der Waals surface area contributed by atoms with E-state index in [0.29, 0.717) is 40.7 Å². The van der Waals surface area contributed by atoms with Crippen molar-refractivity contribution >= 4 is 46.0 Å². The Labute approximate surface area is 392 Å². The number of nitrogens with one attached hydrogen (secondary N) is 2. The first-order valence-corrected chi connectivity index (χ1v) is 21.3. The van der Waals surface area contributed by atoms with E-state index in [-0.39, 0.29) is 66.5 Å². The number of rotatable bonds is 13. The van der Waals surface area contributed by atoms with Crippen molar-refractivity contribution in [1.82, 2.24) is 29.1 Å². The Hall–Kier alpha value is -7.75. The zero-order chi connectivity index (χ0) is 48.8. The number of carbonyl (C=O) groups excluding carboxylic acids is 2. The van der Waals surface area contributed by atoms with E-state index in [1.165, 1.54) is 27.6 Å². The highest BCUT2D eigenvalue weighted by Crippen LogP contribution is 2.23. The quantitative estimate of drug-likeness (QED) is 0.0448. The highest BCUT2D eigenvalue weighted by Gasteiger charge is 2.27. The number of aryl methyl sites for hydroxylation is 3. The largest absolute Gasteiger partial charge is 0.384 e. The van der Waals surface area contributed by atoms with Crippen LogP contribution in [0.3, 0.4) is 0 Å². The van der Waals surface area contributed by atoms with Gasteiger partial charge in [0.1, 0.15) is 23.0 Å².